The van der Waals surface area contributed by atoms with Gasteiger partial charge in [-0.3, -0.25) is 4.79 Å². The molecule has 0 aromatic heterocycles. The Hall–Kier alpha value is -0.570. The summed E-state index contributed by atoms with van der Waals surface area (Å²) in [6.07, 6.45) is 3.16. The van der Waals surface area contributed by atoms with E-state index in [1.807, 2.05) is 6.92 Å². The van der Waals surface area contributed by atoms with Crippen molar-refractivity contribution in [3.63, 3.8) is 0 Å². The number of hydrogen-bond donors (Lipinski definition) is 2. The second kappa shape index (κ2) is 5.23. The molecule has 0 fully saturated rings. The van der Waals surface area contributed by atoms with Crippen molar-refractivity contribution in [1.82, 2.24) is 0 Å². The van der Waals surface area contributed by atoms with Gasteiger partial charge in [0, 0.05) is 12.5 Å². The number of nitrogens with two attached hydrogens (primary N) is 2. The van der Waals surface area contributed by atoms with Crippen LogP contribution < -0.4 is 11.5 Å². The fraction of sp³-hybridized carbons (Fsp3) is 0.857. The lowest BCUT2D eigenvalue weighted by atomic mass is 10.1. The van der Waals surface area contributed by atoms with E-state index in [1.54, 1.807) is 0 Å². The zero-order chi connectivity index (χ0) is 7.98. The molecular formula is C7H16N2O. The third kappa shape index (κ3) is 5.56. The first-order chi connectivity index (χ1) is 4.66. The largest absolute Gasteiger partial charge is 0.370 e. The van der Waals surface area contributed by atoms with E-state index in [0.29, 0.717) is 6.42 Å². The minimum Gasteiger partial charge on any atom is -0.370 e. The minimum atomic E-state index is -0.233. The van der Waals surface area contributed by atoms with Crippen LogP contribution in [0.2, 0.25) is 0 Å². The maximum Gasteiger partial charge on any atom is 0.217 e. The minimum absolute atomic E-state index is 0.233. The number of rotatable bonds is 5. The van der Waals surface area contributed by atoms with Gasteiger partial charge in [0.05, 0.1) is 0 Å². The van der Waals surface area contributed by atoms with Gasteiger partial charge < -0.3 is 11.5 Å². The summed E-state index contributed by atoms with van der Waals surface area (Å²) >= 11 is 0. The number of carbonyl (C=O) groups is 1. The Morgan fingerprint density at radius 2 is 2.20 bits per heavy atom. The van der Waals surface area contributed by atoms with Crippen LogP contribution in [0.3, 0.4) is 0 Å². The van der Waals surface area contributed by atoms with Crippen LogP contribution in [-0.4, -0.2) is 11.9 Å². The molecule has 0 aliphatic rings. The second-order valence-corrected chi connectivity index (χ2v) is 2.53. The van der Waals surface area contributed by atoms with E-state index in [-0.39, 0.29) is 11.9 Å². The lowest BCUT2D eigenvalue weighted by Crippen LogP contribution is -2.19. The van der Waals surface area contributed by atoms with Gasteiger partial charge in [-0.2, -0.15) is 0 Å². The van der Waals surface area contributed by atoms with E-state index in [9.17, 15) is 4.79 Å². The molecule has 0 aromatic carbocycles. The summed E-state index contributed by atoms with van der Waals surface area (Å²) in [5.74, 6) is -0.233. The van der Waals surface area contributed by atoms with Gasteiger partial charge in [-0.05, 0) is 19.3 Å². The monoisotopic (exact) mass is 144 g/mol. The van der Waals surface area contributed by atoms with E-state index < -0.39 is 0 Å². The van der Waals surface area contributed by atoms with E-state index in [1.165, 1.54) is 0 Å². The maximum atomic E-state index is 10.3. The normalized spacial score (nSPS) is 13.0. The summed E-state index contributed by atoms with van der Waals surface area (Å²) in [6.45, 7) is 2.04. The predicted octanol–water partition coefficient (Wildman–Crippen LogP) is 0.379. The van der Waals surface area contributed by atoms with Crippen molar-refractivity contribution >= 4 is 5.91 Å². The summed E-state index contributed by atoms with van der Waals surface area (Å²) in [7, 11) is 0. The molecule has 0 aliphatic heterocycles. The molecular weight excluding hydrogens is 128 g/mol. The van der Waals surface area contributed by atoms with Gasteiger partial charge in [0.15, 0.2) is 0 Å². The lowest BCUT2D eigenvalue weighted by Gasteiger charge is -2.05. The van der Waals surface area contributed by atoms with E-state index in [4.69, 9.17) is 11.5 Å². The molecule has 3 nitrogen and oxygen atoms in total. The molecule has 1 atom stereocenters. The smallest absolute Gasteiger partial charge is 0.217 e. The molecule has 1 unspecified atom stereocenters. The zero-order valence-electron chi connectivity index (χ0n) is 6.47. The standard InChI is InChI=1S/C7H16N2O/c1-2-6(8)4-3-5-7(9)10/h6H,2-5,8H2,1H3,(H2,9,10). The molecule has 1 amide bonds. The first-order valence-electron chi connectivity index (χ1n) is 3.70. The highest BCUT2D eigenvalue weighted by molar-refractivity contribution is 5.73. The summed E-state index contributed by atoms with van der Waals surface area (Å²) in [5.41, 5.74) is 10.5. The second-order valence-electron chi connectivity index (χ2n) is 2.53. The Morgan fingerprint density at radius 1 is 1.60 bits per heavy atom. The van der Waals surface area contributed by atoms with Gasteiger partial charge in [0.1, 0.15) is 0 Å². The highest BCUT2D eigenvalue weighted by atomic mass is 16.1. The molecule has 4 N–H and O–H groups in total. The van der Waals surface area contributed by atoms with Crippen molar-refractivity contribution in [1.29, 1.82) is 0 Å². The van der Waals surface area contributed by atoms with Crippen molar-refractivity contribution < 1.29 is 4.79 Å². The fourth-order valence-electron chi connectivity index (χ4n) is 0.743. The van der Waals surface area contributed by atoms with Crippen LogP contribution in [0.5, 0.6) is 0 Å². The number of amides is 1. The third-order valence-corrected chi connectivity index (χ3v) is 1.52. The van der Waals surface area contributed by atoms with E-state index >= 15 is 0 Å². The lowest BCUT2D eigenvalue weighted by molar-refractivity contribution is -0.118. The molecule has 0 aromatic rings. The quantitative estimate of drug-likeness (QED) is 0.585. The first kappa shape index (κ1) is 9.43. The van der Waals surface area contributed by atoms with Crippen LogP contribution in [0.25, 0.3) is 0 Å². The molecule has 60 valence electrons. The van der Waals surface area contributed by atoms with E-state index in [0.717, 1.165) is 19.3 Å². The van der Waals surface area contributed by atoms with E-state index in [2.05, 4.69) is 0 Å². The summed E-state index contributed by atoms with van der Waals surface area (Å²) in [4.78, 5) is 10.3. The molecule has 3 heteroatoms. The van der Waals surface area contributed by atoms with Crippen molar-refractivity contribution in [2.24, 2.45) is 11.5 Å². The topological polar surface area (TPSA) is 69.1 Å². The SMILES string of the molecule is CCC(N)CCCC(N)=O. The zero-order valence-corrected chi connectivity index (χ0v) is 6.47. The van der Waals surface area contributed by atoms with Crippen molar-refractivity contribution in [2.45, 2.75) is 38.6 Å². The van der Waals surface area contributed by atoms with Crippen LogP contribution in [0, 0.1) is 0 Å². The molecule has 0 heterocycles. The average molecular weight is 144 g/mol. The van der Waals surface area contributed by atoms with Gasteiger partial charge in [-0.15, -0.1) is 0 Å². The van der Waals surface area contributed by atoms with Gasteiger partial charge in [-0.1, -0.05) is 6.92 Å². The summed E-state index contributed by atoms with van der Waals surface area (Å²) in [5, 5.41) is 0. The van der Waals surface area contributed by atoms with Gasteiger partial charge in [0.25, 0.3) is 0 Å². The van der Waals surface area contributed by atoms with Crippen LogP contribution in [0.1, 0.15) is 32.6 Å². The Kier molecular flexibility index (Phi) is 4.94. The summed E-state index contributed by atoms with van der Waals surface area (Å²) < 4.78 is 0. The molecule has 0 rings (SSSR count). The van der Waals surface area contributed by atoms with Crippen LogP contribution >= 0.6 is 0 Å². The molecule has 0 saturated heterocycles. The van der Waals surface area contributed by atoms with Crippen molar-refractivity contribution in [2.75, 3.05) is 0 Å². The number of primary amides is 1. The van der Waals surface area contributed by atoms with Gasteiger partial charge in [-0.25, -0.2) is 0 Å². The van der Waals surface area contributed by atoms with Crippen LogP contribution in [0.4, 0.5) is 0 Å². The van der Waals surface area contributed by atoms with Crippen molar-refractivity contribution in [3.8, 4) is 0 Å². The predicted molar refractivity (Wildman–Crippen MR) is 41.3 cm³/mol. The highest BCUT2D eigenvalue weighted by Gasteiger charge is 1.99. The molecule has 0 bridgehead atoms. The Bertz CT molecular complexity index is 104. The number of carbonyl (C=O) groups excluding carboxylic acids is 1. The first-order valence-corrected chi connectivity index (χ1v) is 3.70. The average Bonchev–Trinajstić information content (AvgIpc) is 1.87. The fourth-order valence-corrected chi connectivity index (χ4v) is 0.743. The van der Waals surface area contributed by atoms with Crippen LogP contribution in [-0.2, 0) is 4.79 Å². The molecule has 0 radical (unpaired) electrons. The Balaban J connectivity index is 3.11. The Labute approximate surface area is 61.8 Å². The van der Waals surface area contributed by atoms with Gasteiger partial charge in [0.2, 0.25) is 5.91 Å². The molecule has 10 heavy (non-hydrogen) atoms. The van der Waals surface area contributed by atoms with Gasteiger partial charge >= 0.3 is 0 Å². The maximum absolute atomic E-state index is 10.3. The molecule has 0 aliphatic carbocycles. The Morgan fingerprint density at radius 3 is 2.60 bits per heavy atom. The third-order valence-electron chi connectivity index (χ3n) is 1.52. The number of hydrogen-bond acceptors (Lipinski definition) is 2. The molecule has 0 saturated carbocycles. The molecule has 0 spiro atoms. The van der Waals surface area contributed by atoms with Crippen molar-refractivity contribution in [3.05, 3.63) is 0 Å². The highest BCUT2D eigenvalue weighted by Crippen LogP contribution is 2.00. The van der Waals surface area contributed by atoms with Crippen LogP contribution in [0.15, 0.2) is 0 Å². The summed E-state index contributed by atoms with van der Waals surface area (Å²) in [6, 6.07) is 0.236.